The van der Waals surface area contributed by atoms with Crippen LogP contribution in [-0.4, -0.2) is 119 Å². The highest BCUT2D eigenvalue weighted by Crippen LogP contribution is 2.26. The molecule has 2 saturated heterocycles. The van der Waals surface area contributed by atoms with Gasteiger partial charge in [0.25, 0.3) is 0 Å². The first-order valence-electron chi connectivity index (χ1n) is 10.2. The third-order valence-electron chi connectivity index (χ3n) is 5.47. The number of aliphatic hydroxyl groups is 6. The second-order valence-electron chi connectivity index (χ2n) is 7.75. The van der Waals surface area contributed by atoms with Gasteiger partial charge in [-0.15, -0.1) is 0 Å². The molecule has 0 aromatic carbocycles. The molecule has 31 heavy (non-hydrogen) atoms. The molecule has 2 rings (SSSR count). The maximum absolute atomic E-state index is 10.4. The van der Waals surface area contributed by atoms with Crippen LogP contribution in [0.4, 0.5) is 0 Å². The summed E-state index contributed by atoms with van der Waals surface area (Å²) < 4.78 is 21.6. The van der Waals surface area contributed by atoms with E-state index in [4.69, 9.17) is 32.7 Å². The van der Waals surface area contributed by atoms with E-state index in [2.05, 4.69) is 10.5 Å². The van der Waals surface area contributed by atoms with Crippen LogP contribution in [0.15, 0.2) is 0 Å². The molecule has 0 spiro atoms. The summed E-state index contributed by atoms with van der Waals surface area (Å²) >= 11 is 0. The van der Waals surface area contributed by atoms with Crippen LogP contribution in [0, 0.1) is 0 Å². The summed E-state index contributed by atoms with van der Waals surface area (Å²) in [6.45, 7) is 2.88. The van der Waals surface area contributed by atoms with E-state index in [0.29, 0.717) is 6.42 Å². The molecule has 0 aliphatic carbocycles. The van der Waals surface area contributed by atoms with Gasteiger partial charge in [0.1, 0.15) is 24.5 Å². The summed E-state index contributed by atoms with van der Waals surface area (Å²) in [7, 11) is 5.50. The van der Waals surface area contributed by atoms with E-state index in [1.165, 1.54) is 0 Å². The molecule has 0 saturated carbocycles. The first-order valence-corrected chi connectivity index (χ1v) is 10.2. The third-order valence-corrected chi connectivity index (χ3v) is 5.47. The van der Waals surface area contributed by atoms with Gasteiger partial charge in [0.2, 0.25) is 0 Å². The summed E-state index contributed by atoms with van der Waals surface area (Å²) in [5, 5.41) is 63.9. The molecule has 10 N–H and O–H groups in total. The first kappa shape index (κ1) is 26.8. The van der Waals surface area contributed by atoms with Crippen LogP contribution >= 0.6 is 0 Å². The minimum atomic E-state index is -1.53. The van der Waals surface area contributed by atoms with Gasteiger partial charge in [-0.05, 0) is 19.8 Å². The average Bonchev–Trinajstić information content (AvgIpc) is 3.01. The van der Waals surface area contributed by atoms with Gasteiger partial charge in [-0.3, -0.25) is 5.32 Å². The Morgan fingerprint density at radius 1 is 1.06 bits per heavy atom. The molecule has 12 atom stereocenters. The molecule has 13 nitrogen and oxygen atoms in total. The van der Waals surface area contributed by atoms with Crippen LogP contribution in [-0.2, 0) is 18.9 Å². The predicted molar refractivity (Wildman–Crippen MR) is 105 cm³/mol. The topological polar surface area (TPSA) is 208 Å². The standard InChI is InChI=1S/C17H34BN3O10/c1-3-9-11(23)12(24)16(29-9)31-15(27)8(21-18)4-7(19)6(2)28-17-14(26)20-13(25)10(5-22)30-17/h6-17,20-27H,3-5,19H2,1-2H3/t6-,7?,8?,9?,10?,11?,12?,13+,14-,15-,16?,17?/m0/s1. The van der Waals surface area contributed by atoms with Crippen molar-refractivity contribution in [2.75, 3.05) is 6.61 Å². The zero-order valence-corrected chi connectivity index (χ0v) is 17.5. The van der Waals surface area contributed by atoms with E-state index in [-0.39, 0.29) is 6.42 Å². The van der Waals surface area contributed by atoms with Crippen LogP contribution < -0.4 is 16.3 Å². The Bertz CT molecular complexity index is 540. The molecular weight excluding hydrogens is 417 g/mol. The lowest BCUT2D eigenvalue weighted by Gasteiger charge is -2.39. The van der Waals surface area contributed by atoms with Crippen molar-refractivity contribution in [3.8, 4) is 0 Å². The minimum Gasteiger partial charge on any atom is -0.394 e. The van der Waals surface area contributed by atoms with E-state index >= 15 is 0 Å². The second-order valence-corrected chi connectivity index (χ2v) is 7.75. The van der Waals surface area contributed by atoms with Crippen LogP contribution in [0.1, 0.15) is 26.7 Å². The SMILES string of the molecule is [B]NC(CC(N)[C@H](C)OC1OC(CO)[C@@H](O)N[C@H]1O)[C@@H](O)OC1OC(CC)C(O)C1O. The minimum absolute atomic E-state index is 0.0453. The molecule has 14 heteroatoms. The maximum atomic E-state index is 10.4. The van der Waals surface area contributed by atoms with Gasteiger partial charge in [0.05, 0.1) is 18.8 Å². The number of nitrogens with two attached hydrogens (primary N) is 1. The van der Waals surface area contributed by atoms with Crippen molar-refractivity contribution in [3.63, 3.8) is 0 Å². The highest BCUT2D eigenvalue weighted by molar-refractivity contribution is 6.04. The van der Waals surface area contributed by atoms with Crippen molar-refractivity contribution in [2.24, 2.45) is 5.73 Å². The van der Waals surface area contributed by atoms with Crippen molar-refractivity contribution in [1.82, 2.24) is 10.5 Å². The molecule has 2 heterocycles. The first-order chi connectivity index (χ1) is 14.6. The van der Waals surface area contributed by atoms with Crippen LogP contribution in [0.2, 0.25) is 0 Å². The van der Waals surface area contributed by atoms with Gasteiger partial charge < -0.3 is 60.5 Å². The summed E-state index contributed by atoms with van der Waals surface area (Å²) in [5.74, 6) is 0. The van der Waals surface area contributed by atoms with Gasteiger partial charge in [0, 0.05) is 12.1 Å². The number of hydrogen-bond acceptors (Lipinski definition) is 13. The molecule has 180 valence electrons. The zero-order valence-electron chi connectivity index (χ0n) is 17.5. The van der Waals surface area contributed by atoms with Gasteiger partial charge in [0.15, 0.2) is 33.1 Å². The monoisotopic (exact) mass is 451 g/mol. The lowest BCUT2D eigenvalue weighted by molar-refractivity contribution is -0.295. The Morgan fingerprint density at radius 3 is 2.26 bits per heavy atom. The average molecular weight is 451 g/mol. The van der Waals surface area contributed by atoms with Crippen LogP contribution in [0.25, 0.3) is 0 Å². The number of hydrogen-bond donors (Lipinski definition) is 9. The number of aliphatic hydroxyl groups excluding tert-OH is 6. The number of nitrogens with one attached hydrogen (secondary N) is 2. The molecular formula is C17H34BN3O10. The number of morpholine rings is 1. The molecule has 2 fully saturated rings. The Balaban J connectivity index is 1.87. The molecule has 0 aromatic rings. The second kappa shape index (κ2) is 12.1. The molecule has 2 aliphatic heterocycles. The van der Waals surface area contributed by atoms with Crippen molar-refractivity contribution >= 4 is 7.98 Å². The Kier molecular flexibility index (Phi) is 10.5. The Morgan fingerprint density at radius 2 is 1.71 bits per heavy atom. The number of rotatable bonds is 11. The molecule has 0 amide bonds. The molecule has 8 unspecified atom stereocenters. The van der Waals surface area contributed by atoms with E-state index < -0.39 is 80.5 Å². The fourth-order valence-electron chi connectivity index (χ4n) is 3.39. The van der Waals surface area contributed by atoms with Crippen LogP contribution in [0.5, 0.6) is 0 Å². The van der Waals surface area contributed by atoms with Crippen molar-refractivity contribution in [1.29, 1.82) is 0 Å². The van der Waals surface area contributed by atoms with E-state index in [1.54, 1.807) is 13.8 Å². The van der Waals surface area contributed by atoms with Crippen LogP contribution in [0.3, 0.4) is 0 Å². The summed E-state index contributed by atoms with van der Waals surface area (Å²) in [6.07, 6.45) is -10.9. The van der Waals surface area contributed by atoms with Crippen molar-refractivity contribution in [3.05, 3.63) is 0 Å². The van der Waals surface area contributed by atoms with E-state index in [0.717, 1.165) is 0 Å². The number of ether oxygens (including phenoxy) is 4. The summed E-state index contributed by atoms with van der Waals surface area (Å²) in [4.78, 5) is 0. The summed E-state index contributed by atoms with van der Waals surface area (Å²) in [5.41, 5.74) is 6.13. The molecule has 0 aromatic heterocycles. The van der Waals surface area contributed by atoms with Gasteiger partial charge >= 0.3 is 0 Å². The van der Waals surface area contributed by atoms with Crippen molar-refractivity contribution < 1.29 is 49.6 Å². The highest BCUT2D eigenvalue weighted by atomic mass is 16.7. The maximum Gasteiger partial charge on any atom is 0.198 e. The lowest BCUT2D eigenvalue weighted by atomic mass is 10.0. The Labute approximate surface area is 181 Å². The Hall–Kier alpha value is -0.455. The highest BCUT2D eigenvalue weighted by Gasteiger charge is 2.44. The fraction of sp³-hybridized carbons (Fsp3) is 1.00. The lowest BCUT2D eigenvalue weighted by Crippen LogP contribution is -2.61. The predicted octanol–water partition coefficient (Wildman–Crippen LogP) is -4.71. The van der Waals surface area contributed by atoms with Gasteiger partial charge in [-0.25, -0.2) is 0 Å². The molecule has 0 bridgehead atoms. The largest absolute Gasteiger partial charge is 0.394 e. The quantitative estimate of drug-likeness (QED) is 0.107. The summed E-state index contributed by atoms with van der Waals surface area (Å²) in [6, 6.07) is -1.62. The molecule has 2 aliphatic rings. The normalized spacial score (nSPS) is 40.4. The smallest absolute Gasteiger partial charge is 0.198 e. The fourth-order valence-corrected chi connectivity index (χ4v) is 3.39. The van der Waals surface area contributed by atoms with E-state index in [9.17, 15) is 30.6 Å². The zero-order chi connectivity index (χ0) is 23.3. The van der Waals surface area contributed by atoms with E-state index in [1.807, 2.05) is 0 Å². The third kappa shape index (κ3) is 6.77. The van der Waals surface area contributed by atoms with Crippen molar-refractivity contribution in [2.45, 2.75) is 101 Å². The van der Waals surface area contributed by atoms with Gasteiger partial charge in [-0.2, -0.15) is 0 Å². The van der Waals surface area contributed by atoms with Gasteiger partial charge in [-0.1, -0.05) is 6.92 Å². The molecule has 2 radical (unpaired) electrons.